The zero-order chi connectivity index (χ0) is 15.0. The van der Waals surface area contributed by atoms with Gasteiger partial charge >= 0.3 is 0 Å². The number of hydrogen-bond donors (Lipinski definition) is 1. The highest BCUT2D eigenvalue weighted by molar-refractivity contribution is 6.32. The summed E-state index contributed by atoms with van der Waals surface area (Å²) < 4.78 is 10.9. The van der Waals surface area contributed by atoms with Crippen LogP contribution in [0.1, 0.15) is 32.8 Å². The number of hydrogen-bond acceptors (Lipinski definition) is 3. The van der Waals surface area contributed by atoms with Crippen molar-refractivity contribution >= 4 is 17.7 Å². The molecule has 0 spiro atoms. The van der Waals surface area contributed by atoms with Crippen LogP contribution in [0.3, 0.4) is 0 Å². The summed E-state index contributed by atoms with van der Waals surface area (Å²) in [5.74, 6) is 1.27. The fraction of sp³-hybridized carbons (Fsp3) is 0.500. The summed E-state index contributed by atoms with van der Waals surface area (Å²) in [6, 6.07) is 3.85. The molecule has 0 aromatic heterocycles. The van der Waals surface area contributed by atoms with Crippen molar-refractivity contribution in [2.24, 2.45) is 0 Å². The van der Waals surface area contributed by atoms with Crippen LogP contribution in [0.4, 0.5) is 0 Å². The van der Waals surface area contributed by atoms with Gasteiger partial charge in [-0.3, -0.25) is 0 Å². The van der Waals surface area contributed by atoms with Crippen LogP contribution < -0.4 is 14.8 Å². The van der Waals surface area contributed by atoms with Gasteiger partial charge in [0, 0.05) is 6.54 Å². The number of rotatable bonds is 8. The van der Waals surface area contributed by atoms with Gasteiger partial charge in [0.25, 0.3) is 0 Å². The lowest BCUT2D eigenvalue weighted by molar-refractivity contribution is 0.311. The maximum Gasteiger partial charge on any atom is 0.179 e. The highest BCUT2D eigenvalue weighted by Crippen LogP contribution is 2.36. The standard InChI is InChI=1S/C16H24ClNO2/c1-5-7-18-11-12(3)8-13-9-14(17)16(19-4)15(10-13)20-6-2/h8-10,18H,5-7,11H2,1-4H3. The Morgan fingerprint density at radius 3 is 2.70 bits per heavy atom. The molecular formula is C16H24ClNO2. The fourth-order valence-corrected chi connectivity index (χ4v) is 2.23. The van der Waals surface area contributed by atoms with E-state index >= 15 is 0 Å². The second kappa shape index (κ2) is 8.88. The number of benzene rings is 1. The largest absolute Gasteiger partial charge is 0.491 e. The van der Waals surface area contributed by atoms with E-state index in [2.05, 4.69) is 25.2 Å². The van der Waals surface area contributed by atoms with E-state index in [-0.39, 0.29) is 0 Å². The first-order chi connectivity index (χ1) is 9.62. The summed E-state index contributed by atoms with van der Waals surface area (Å²) in [4.78, 5) is 0. The molecule has 0 amide bonds. The van der Waals surface area contributed by atoms with Crippen molar-refractivity contribution in [1.29, 1.82) is 0 Å². The van der Waals surface area contributed by atoms with Crippen LogP contribution >= 0.6 is 11.6 Å². The molecule has 0 bridgehead atoms. The van der Waals surface area contributed by atoms with E-state index in [4.69, 9.17) is 21.1 Å². The van der Waals surface area contributed by atoms with Crippen molar-refractivity contribution in [2.45, 2.75) is 27.2 Å². The molecule has 112 valence electrons. The third-order valence-corrected chi connectivity index (χ3v) is 3.06. The SMILES string of the molecule is CCCNCC(C)=Cc1cc(Cl)c(OC)c(OCC)c1. The van der Waals surface area contributed by atoms with Crippen molar-refractivity contribution in [3.05, 3.63) is 28.3 Å². The molecule has 4 heteroatoms. The lowest BCUT2D eigenvalue weighted by atomic mass is 10.1. The molecule has 1 N–H and O–H groups in total. The summed E-state index contributed by atoms with van der Waals surface area (Å²) in [5.41, 5.74) is 2.28. The van der Waals surface area contributed by atoms with Crippen molar-refractivity contribution < 1.29 is 9.47 Å². The van der Waals surface area contributed by atoms with E-state index in [0.717, 1.165) is 25.1 Å². The van der Waals surface area contributed by atoms with Gasteiger partial charge in [0.05, 0.1) is 18.7 Å². The van der Waals surface area contributed by atoms with Crippen molar-refractivity contribution in [3.8, 4) is 11.5 Å². The Morgan fingerprint density at radius 1 is 1.35 bits per heavy atom. The molecule has 1 aromatic rings. The monoisotopic (exact) mass is 297 g/mol. The highest BCUT2D eigenvalue weighted by atomic mass is 35.5. The van der Waals surface area contributed by atoms with Gasteiger partial charge in [-0.15, -0.1) is 0 Å². The van der Waals surface area contributed by atoms with Gasteiger partial charge in [-0.2, -0.15) is 0 Å². The minimum Gasteiger partial charge on any atom is -0.491 e. The molecule has 0 unspecified atom stereocenters. The lowest BCUT2D eigenvalue weighted by Gasteiger charge is -2.12. The molecule has 3 nitrogen and oxygen atoms in total. The summed E-state index contributed by atoms with van der Waals surface area (Å²) >= 11 is 6.23. The van der Waals surface area contributed by atoms with Gasteiger partial charge in [0.15, 0.2) is 11.5 Å². The number of ether oxygens (including phenoxy) is 2. The number of nitrogens with one attached hydrogen (secondary N) is 1. The summed E-state index contributed by atoms with van der Waals surface area (Å²) in [6.45, 7) is 8.68. The van der Waals surface area contributed by atoms with Gasteiger partial charge in [0.1, 0.15) is 0 Å². The molecule has 0 aliphatic carbocycles. The number of halogens is 1. The molecule has 0 atom stereocenters. The first-order valence-electron chi connectivity index (χ1n) is 7.00. The average Bonchev–Trinajstić information content (AvgIpc) is 2.39. The first kappa shape index (κ1) is 16.9. The molecular weight excluding hydrogens is 274 g/mol. The predicted molar refractivity (Wildman–Crippen MR) is 86.0 cm³/mol. The quantitative estimate of drug-likeness (QED) is 0.731. The van der Waals surface area contributed by atoms with Gasteiger partial charge < -0.3 is 14.8 Å². The molecule has 20 heavy (non-hydrogen) atoms. The van der Waals surface area contributed by atoms with Crippen molar-refractivity contribution in [3.63, 3.8) is 0 Å². The molecule has 0 aliphatic heterocycles. The zero-order valence-corrected chi connectivity index (χ0v) is 13.5. The molecule has 0 aliphatic rings. The van der Waals surface area contributed by atoms with Crippen LogP contribution in [0.15, 0.2) is 17.7 Å². The van der Waals surface area contributed by atoms with Crippen LogP contribution in [0.5, 0.6) is 11.5 Å². The smallest absolute Gasteiger partial charge is 0.179 e. The van der Waals surface area contributed by atoms with E-state index in [9.17, 15) is 0 Å². The Hall–Kier alpha value is -1.19. The molecule has 0 heterocycles. The maximum absolute atomic E-state index is 6.23. The topological polar surface area (TPSA) is 30.5 Å². The highest BCUT2D eigenvalue weighted by Gasteiger charge is 2.10. The fourth-order valence-electron chi connectivity index (χ4n) is 1.93. The Bertz CT molecular complexity index is 458. The van der Waals surface area contributed by atoms with Crippen LogP contribution in [0.25, 0.3) is 6.08 Å². The molecule has 0 saturated carbocycles. The van der Waals surface area contributed by atoms with Crippen LogP contribution in [0.2, 0.25) is 5.02 Å². The summed E-state index contributed by atoms with van der Waals surface area (Å²) in [5, 5.41) is 3.94. The molecule has 0 saturated heterocycles. The predicted octanol–water partition coefficient (Wildman–Crippen LogP) is 4.15. The van der Waals surface area contributed by atoms with Crippen molar-refractivity contribution in [1.82, 2.24) is 5.32 Å². The van der Waals surface area contributed by atoms with Gasteiger partial charge in [-0.25, -0.2) is 0 Å². The van der Waals surface area contributed by atoms with Crippen molar-refractivity contribution in [2.75, 3.05) is 26.8 Å². The van der Waals surface area contributed by atoms with Crippen LogP contribution in [-0.2, 0) is 0 Å². The summed E-state index contributed by atoms with van der Waals surface area (Å²) in [7, 11) is 1.60. The Labute approximate surface area is 126 Å². The minimum atomic E-state index is 0.569. The molecule has 1 aromatic carbocycles. The Balaban J connectivity index is 2.92. The maximum atomic E-state index is 6.23. The Morgan fingerprint density at radius 2 is 2.10 bits per heavy atom. The van der Waals surface area contributed by atoms with E-state index in [1.807, 2.05) is 19.1 Å². The minimum absolute atomic E-state index is 0.569. The zero-order valence-electron chi connectivity index (χ0n) is 12.8. The van der Waals surface area contributed by atoms with E-state index in [1.165, 1.54) is 5.57 Å². The second-order valence-electron chi connectivity index (χ2n) is 4.63. The normalized spacial score (nSPS) is 11.6. The molecule has 1 rings (SSSR count). The lowest BCUT2D eigenvalue weighted by Crippen LogP contribution is -2.16. The Kier molecular flexibility index (Phi) is 7.48. The third-order valence-electron chi connectivity index (χ3n) is 2.78. The summed E-state index contributed by atoms with van der Waals surface area (Å²) in [6.07, 6.45) is 3.24. The van der Waals surface area contributed by atoms with E-state index in [0.29, 0.717) is 23.1 Å². The third kappa shape index (κ3) is 5.06. The number of methoxy groups -OCH3 is 1. The van der Waals surface area contributed by atoms with E-state index < -0.39 is 0 Å². The second-order valence-corrected chi connectivity index (χ2v) is 5.04. The van der Waals surface area contributed by atoms with Crippen LogP contribution in [0, 0.1) is 0 Å². The van der Waals surface area contributed by atoms with E-state index in [1.54, 1.807) is 7.11 Å². The molecule has 0 fully saturated rings. The molecule has 0 radical (unpaired) electrons. The average molecular weight is 298 g/mol. The van der Waals surface area contributed by atoms with Gasteiger partial charge in [0.2, 0.25) is 0 Å². The van der Waals surface area contributed by atoms with Gasteiger partial charge in [-0.1, -0.05) is 30.2 Å². The van der Waals surface area contributed by atoms with Gasteiger partial charge in [-0.05, 0) is 44.5 Å². The first-order valence-corrected chi connectivity index (χ1v) is 7.38. The van der Waals surface area contributed by atoms with Crippen LogP contribution in [-0.4, -0.2) is 26.8 Å².